The molecule has 5 heteroatoms. The van der Waals surface area contributed by atoms with Crippen molar-refractivity contribution in [3.05, 3.63) is 34.9 Å². The van der Waals surface area contributed by atoms with Gasteiger partial charge < -0.3 is 19.3 Å². The molecule has 0 aromatic heterocycles. The van der Waals surface area contributed by atoms with E-state index in [1.165, 1.54) is 0 Å². The van der Waals surface area contributed by atoms with E-state index >= 15 is 0 Å². The van der Waals surface area contributed by atoms with Crippen LogP contribution in [0.15, 0.2) is 18.2 Å². The minimum absolute atomic E-state index is 0.0239. The molecule has 1 aliphatic heterocycles. The Morgan fingerprint density at radius 2 is 2.12 bits per heavy atom. The summed E-state index contributed by atoms with van der Waals surface area (Å²) in [6, 6.07) is 5.96. The molecule has 1 aromatic carbocycles. The number of aryl methyl sites for hydroxylation is 2. The molecule has 3 atom stereocenters. The Morgan fingerprint density at radius 1 is 1.31 bits per heavy atom. The molecule has 1 heterocycles. The van der Waals surface area contributed by atoms with Crippen LogP contribution in [-0.4, -0.2) is 43.8 Å². The Bertz CT molecular complexity index is 572. The van der Waals surface area contributed by atoms with E-state index in [0.29, 0.717) is 24.3 Å². The molecule has 0 saturated carbocycles. The van der Waals surface area contributed by atoms with Gasteiger partial charge in [0.15, 0.2) is 0 Å². The van der Waals surface area contributed by atoms with E-state index in [9.17, 15) is 9.90 Å². The summed E-state index contributed by atoms with van der Waals surface area (Å²) in [5.41, 5.74) is 2.67. The topological polar surface area (TPSA) is 65.0 Å². The molecule has 1 N–H and O–H groups in total. The molecule has 1 aliphatic rings. The molecule has 0 aliphatic carbocycles. The number of rotatable bonds is 5. The Hall–Kier alpha value is -1.43. The minimum atomic E-state index is -0.372. The number of hydrogen-bond acceptors (Lipinski definition) is 5. The molecule has 0 unspecified atom stereocenters. The molecular weight excluding hydrogens is 332 g/mol. The van der Waals surface area contributed by atoms with Gasteiger partial charge in [-0.25, -0.2) is 4.79 Å². The Labute approximate surface area is 156 Å². The van der Waals surface area contributed by atoms with Crippen LogP contribution in [0.3, 0.4) is 0 Å². The molecule has 5 nitrogen and oxygen atoms in total. The van der Waals surface area contributed by atoms with Crippen LogP contribution in [0.4, 0.5) is 0 Å². The molecule has 0 amide bonds. The number of methoxy groups -OCH3 is 1. The Kier molecular flexibility index (Phi) is 8.55. The van der Waals surface area contributed by atoms with E-state index in [1.807, 2.05) is 25.1 Å². The third kappa shape index (κ3) is 5.79. The van der Waals surface area contributed by atoms with Gasteiger partial charge in [-0.15, -0.1) is 0 Å². The fourth-order valence-corrected chi connectivity index (χ4v) is 3.65. The Balaban J connectivity index is 2.26. The van der Waals surface area contributed by atoms with Gasteiger partial charge in [-0.3, -0.25) is 0 Å². The summed E-state index contributed by atoms with van der Waals surface area (Å²) < 4.78 is 16.7. The zero-order chi connectivity index (χ0) is 18.9. The number of fused-ring (bicyclic) bond motifs is 1. The zero-order valence-corrected chi connectivity index (χ0v) is 16.2. The average Bonchev–Trinajstić information content (AvgIpc) is 2.61. The molecular formula is C21H32O5. The smallest absolute Gasteiger partial charge is 0.338 e. The maximum absolute atomic E-state index is 12.9. The third-order valence-corrected chi connectivity index (χ3v) is 5.17. The Morgan fingerprint density at radius 3 is 2.85 bits per heavy atom. The highest BCUT2D eigenvalue weighted by molar-refractivity contribution is 5.92. The van der Waals surface area contributed by atoms with Crippen LogP contribution >= 0.6 is 0 Å². The summed E-state index contributed by atoms with van der Waals surface area (Å²) in [4.78, 5) is 12.9. The molecule has 0 spiro atoms. The number of benzene rings is 1. The van der Waals surface area contributed by atoms with Gasteiger partial charge in [0, 0.05) is 26.6 Å². The van der Waals surface area contributed by atoms with Crippen molar-refractivity contribution in [1.82, 2.24) is 0 Å². The van der Waals surface area contributed by atoms with Crippen molar-refractivity contribution in [2.24, 2.45) is 5.92 Å². The number of carbonyl (C=O) groups excluding carboxylic acids is 1. The van der Waals surface area contributed by atoms with Gasteiger partial charge in [0.1, 0.15) is 12.9 Å². The summed E-state index contributed by atoms with van der Waals surface area (Å²) in [6.07, 6.45) is 4.58. The van der Waals surface area contributed by atoms with Crippen LogP contribution in [0.25, 0.3) is 0 Å². The lowest BCUT2D eigenvalue weighted by Crippen LogP contribution is -2.32. The molecule has 0 fully saturated rings. The fourth-order valence-electron chi connectivity index (χ4n) is 3.65. The fraction of sp³-hybridized carbons (Fsp3) is 0.667. The summed E-state index contributed by atoms with van der Waals surface area (Å²) in [5.74, 6) is 0.0386. The van der Waals surface area contributed by atoms with Gasteiger partial charge in [0.05, 0.1) is 11.7 Å². The summed E-state index contributed by atoms with van der Waals surface area (Å²) in [6.45, 7) is 4.31. The second-order valence-electron chi connectivity index (χ2n) is 7.22. The van der Waals surface area contributed by atoms with Crippen molar-refractivity contribution < 1.29 is 24.1 Å². The van der Waals surface area contributed by atoms with E-state index in [0.717, 1.165) is 36.8 Å². The zero-order valence-electron chi connectivity index (χ0n) is 16.2. The monoisotopic (exact) mass is 364 g/mol. The summed E-state index contributed by atoms with van der Waals surface area (Å²) in [7, 11) is 1.60. The minimum Gasteiger partial charge on any atom is -0.459 e. The third-order valence-electron chi connectivity index (χ3n) is 5.17. The quantitative estimate of drug-likeness (QED) is 0.638. The second-order valence-corrected chi connectivity index (χ2v) is 7.22. The van der Waals surface area contributed by atoms with E-state index in [-0.39, 0.29) is 31.6 Å². The largest absolute Gasteiger partial charge is 0.459 e. The number of esters is 1. The standard InChI is InChI=1S/C21H32O5/c1-15-7-4-5-9-17-10-6-8-16(2)20(17)21(23)26-18(11-12-22)13-19(15)25-14-24-3/h6,8,10,15,18-19,22H,4-5,7,9,11-14H2,1-3H3/t15-,18-,19+/m0/s1. The van der Waals surface area contributed by atoms with Gasteiger partial charge in [0.25, 0.3) is 0 Å². The molecule has 0 bridgehead atoms. The van der Waals surface area contributed by atoms with Crippen LogP contribution in [0.2, 0.25) is 0 Å². The van der Waals surface area contributed by atoms with E-state index in [2.05, 4.69) is 6.92 Å². The number of hydrogen-bond donors (Lipinski definition) is 1. The van der Waals surface area contributed by atoms with Crippen LogP contribution in [0.1, 0.15) is 60.5 Å². The van der Waals surface area contributed by atoms with Crippen LogP contribution in [-0.2, 0) is 20.6 Å². The van der Waals surface area contributed by atoms with Crippen molar-refractivity contribution in [3.63, 3.8) is 0 Å². The predicted octanol–water partition coefficient (Wildman–Crippen LogP) is 3.64. The van der Waals surface area contributed by atoms with Crippen LogP contribution < -0.4 is 0 Å². The summed E-state index contributed by atoms with van der Waals surface area (Å²) >= 11 is 0. The van der Waals surface area contributed by atoms with Crippen LogP contribution in [0.5, 0.6) is 0 Å². The molecule has 146 valence electrons. The van der Waals surface area contributed by atoms with E-state index < -0.39 is 0 Å². The van der Waals surface area contributed by atoms with E-state index in [4.69, 9.17) is 14.2 Å². The van der Waals surface area contributed by atoms with Gasteiger partial charge in [-0.1, -0.05) is 31.5 Å². The van der Waals surface area contributed by atoms with Crippen molar-refractivity contribution in [2.75, 3.05) is 20.5 Å². The molecule has 2 rings (SSSR count). The predicted molar refractivity (Wildman–Crippen MR) is 100 cm³/mol. The highest BCUT2D eigenvalue weighted by Gasteiger charge is 2.27. The van der Waals surface area contributed by atoms with Crippen LogP contribution in [0, 0.1) is 12.8 Å². The normalized spacial score (nSPS) is 24.9. The molecule has 0 radical (unpaired) electrons. The molecule has 1 aromatic rings. The first-order valence-electron chi connectivity index (χ1n) is 9.57. The number of ether oxygens (including phenoxy) is 3. The summed E-state index contributed by atoms with van der Waals surface area (Å²) in [5, 5.41) is 9.41. The first-order valence-corrected chi connectivity index (χ1v) is 9.57. The van der Waals surface area contributed by atoms with Crippen molar-refractivity contribution in [3.8, 4) is 0 Å². The highest BCUT2D eigenvalue weighted by atomic mass is 16.7. The lowest BCUT2D eigenvalue weighted by atomic mass is 9.90. The van der Waals surface area contributed by atoms with Gasteiger partial charge in [-0.05, 0) is 43.2 Å². The van der Waals surface area contributed by atoms with Gasteiger partial charge in [-0.2, -0.15) is 0 Å². The maximum atomic E-state index is 12.9. The highest BCUT2D eigenvalue weighted by Crippen LogP contribution is 2.26. The first kappa shape index (κ1) is 20.9. The second kappa shape index (κ2) is 10.7. The van der Waals surface area contributed by atoms with Crippen molar-refractivity contribution in [2.45, 2.75) is 64.6 Å². The lowest BCUT2D eigenvalue weighted by Gasteiger charge is -2.29. The van der Waals surface area contributed by atoms with Gasteiger partial charge in [0.2, 0.25) is 0 Å². The first-order chi connectivity index (χ1) is 12.6. The van der Waals surface area contributed by atoms with Crippen molar-refractivity contribution in [1.29, 1.82) is 0 Å². The molecule has 0 saturated heterocycles. The van der Waals surface area contributed by atoms with E-state index in [1.54, 1.807) is 7.11 Å². The number of aliphatic hydroxyl groups is 1. The van der Waals surface area contributed by atoms with Gasteiger partial charge >= 0.3 is 5.97 Å². The average molecular weight is 364 g/mol. The van der Waals surface area contributed by atoms with Crippen molar-refractivity contribution >= 4 is 5.97 Å². The molecule has 26 heavy (non-hydrogen) atoms. The number of carbonyl (C=O) groups is 1. The number of aliphatic hydroxyl groups excluding tert-OH is 1. The maximum Gasteiger partial charge on any atom is 0.338 e. The SMILES string of the molecule is COCO[C@@H]1C[C@H](CCO)OC(=O)c2c(C)cccc2CCCC[C@@H]1C. The lowest BCUT2D eigenvalue weighted by molar-refractivity contribution is -0.105. The number of cyclic esters (lactones) is 1.